The van der Waals surface area contributed by atoms with Gasteiger partial charge in [0.05, 0.1) is 12.2 Å². The topological polar surface area (TPSA) is 51.5 Å². The molecule has 1 N–H and O–H groups in total. The van der Waals surface area contributed by atoms with Crippen molar-refractivity contribution < 1.29 is 9.53 Å². The number of hydrogen-bond acceptors (Lipinski definition) is 3. The standard InChI is InChI=1S/C16H26N2O2/c1-9(2)20-13-7-11-5-6-12(8-13)18(11)16(19)15-14(17-15)10-3-4-10/h9-15,17H,3-8H2,1-2H3/t11-,12+,13+,14-,15+/m1/s1. The Morgan fingerprint density at radius 1 is 1.15 bits per heavy atom. The van der Waals surface area contributed by atoms with Gasteiger partial charge in [-0.1, -0.05) is 0 Å². The van der Waals surface area contributed by atoms with Gasteiger partial charge in [0, 0.05) is 18.1 Å². The molecular weight excluding hydrogens is 252 g/mol. The molecule has 4 fully saturated rings. The molecule has 4 heteroatoms. The molecule has 5 atom stereocenters. The number of fused-ring (bicyclic) bond motifs is 2. The molecule has 4 rings (SSSR count). The number of nitrogens with zero attached hydrogens (tertiary/aromatic N) is 1. The van der Waals surface area contributed by atoms with Gasteiger partial charge in [0.25, 0.3) is 0 Å². The Kier molecular flexibility index (Phi) is 3.08. The monoisotopic (exact) mass is 278 g/mol. The molecule has 4 aliphatic rings. The normalized spacial score (nSPS) is 43.1. The maximum atomic E-state index is 12.7. The number of carbonyl (C=O) groups is 1. The van der Waals surface area contributed by atoms with E-state index in [1.54, 1.807) is 0 Å². The molecule has 3 aliphatic heterocycles. The number of rotatable bonds is 4. The molecule has 20 heavy (non-hydrogen) atoms. The minimum Gasteiger partial charge on any atom is -0.375 e. The predicted molar refractivity (Wildman–Crippen MR) is 76.3 cm³/mol. The van der Waals surface area contributed by atoms with Crippen molar-refractivity contribution in [3.8, 4) is 0 Å². The lowest BCUT2D eigenvalue weighted by Crippen LogP contribution is -2.51. The molecule has 1 aliphatic carbocycles. The number of piperidine rings is 1. The lowest BCUT2D eigenvalue weighted by molar-refractivity contribution is -0.139. The smallest absolute Gasteiger partial charge is 0.241 e. The Morgan fingerprint density at radius 3 is 2.35 bits per heavy atom. The molecule has 0 unspecified atom stereocenters. The van der Waals surface area contributed by atoms with Crippen LogP contribution < -0.4 is 5.32 Å². The maximum Gasteiger partial charge on any atom is 0.241 e. The molecule has 0 aromatic rings. The van der Waals surface area contributed by atoms with Crippen molar-refractivity contribution in [2.75, 3.05) is 0 Å². The first-order valence-electron chi connectivity index (χ1n) is 8.37. The summed E-state index contributed by atoms with van der Waals surface area (Å²) in [6.45, 7) is 4.21. The second-order valence-corrected chi connectivity index (χ2v) is 7.42. The zero-order valence-electron chi connectivity index (χ0n) is 12.5. The maximum absolute atomic E-state index is 12.7. The van der Waals surface area contributed by atoms with Crippen LogP contribution in [0.3, 0.4) is 0 Å². The second-order valence-electron chi connectivity index (χ2n) is 7.42. The van der Waals surface area contributed by atoms with Gasteiger partial charge in [-0.2, -0.15) is 0 Å². The van der Waals surface area contributed by atoms with E-state index in [-0.39, 0.29) is 6.04 Å². The highest BCUT2D eigenvalue weighted by atomic mass is 16.5. The van der Waals surface area contributed by atoms with Crippen LogP contribution in [0.25, 0.3) is 0 Å². The summed E-state index contributed by atoms with van der Waals surface area (Å²) >= 11 is 0. The fourth-order valence-electron chi connectivity index (χ4n) is 4.38. The van der Waals surface area contributed by atoms with E-state index in [1.165, 1.54) is 25.7 Å². The van der Waals surface area contributed by atoms with Crippen LogP contribution in [-0.2, 0) is 9.53 Å². The van der Waals surface area contributed by atoms with E-state index in [2.05, 4.69) is 24.1 Å². The molecule has 4 nitrogen and oxygen atoms in total. The number of ether oxygens (including phenoxy) is 1. The number of nitrogens with one attached hydrogen (secondary N) is 1. The van der Waals surface area contributed by atoms with Crippen LogP contribution in [-0.4, -0.2) is 47.2 Å². The third-order valence-electron chi connectivity index (χ3n) is 5.43. The number of amides is 1. The Bertz CT molecular complexity index is 393. The molecule has 0 radical (unpaired) electrons. The van der Waals surface area contributed by atoms with Crippen molar-refractivity contribution in [2.24, 2.45) is 5.92 Å². The summed E-state index contributed by atoms with van der Waals surface area (Å²) in [4.78, 5) is 14.9. The number of carbonyl (C=O) groups excluding carboxylic acids is 1. The summed E-state index contributed by atoms with van der Waals surface area (Å²) in [7, 11) is 0. The zero-order valence-corrected chi connectivity index (χ0v) is 12.5. The molecule has 0 spiro atoms. The summed E-state index contributed by atoms with van der Waals surface area (Å²) in [5, 5.41) is 3.42. The van der Waals surface area contributed by atoms with Gasteiger partial charge < -0.3 is 9.64 Å². The molecule has 3 saturated heterocycles. The summed E-state index contributed by atoms with van der Waals surface area (Å²) in [6, 6.07) is 1.53. The van der Waals surface area contributed by atoms with Gasteiger partial charge in [0.2, 0.25) is 5.91 Å². The summed E-state index contributed by atoms with van der Waals surface area (Å²) in [5.41, 5.74) is 0. The van der Waals surface area contributed by atoms with E-state index in [0.717, 1.165) is 18.8 Å². The van der Waals surface area contributed by atoms with E-state index in [4.69, 9.17) is 4.74 Å². The highest BCUT2D eigenvalue weighted by Crippen LogP contribution is 2.43. The van der Waals surface area contributed by atoms with Crippen molar-refractivity contribution in [2.45, 2.75) is 88.7 Å². The van der Waals surface area contributed by atoms with E-state index in [0.29, 0.717) is 36.2 Å². The van der Waals surface area contributed by atoms with Crippen LogP contribution in [0.15, 0.2) is 0 Å². The third-order valence-corrected chi connectivity index (χ3v) is 5.43. The Hall–Kier alpha value is -0.610. The molecule has 0 aromatic heterocycles. The van der Waals surface area contributed by atoms with Gasteiger partial charge in [-0.25, -0.2) is 0 Å². The Labute approximate surface area is 121 Å². The van der Waals surface area contributed by atoms with Gasteiger partial charge in [-0.3, -0.25) is 10.1 Å². The molecular formula is C16H26N2O2. The third kappa shape index (κ3) is 2.27. The second kappa shape index (κ2) is 4.70. The lowest BCUT2D eigenvalue weighted by atomic mass is 9.98. The van der Waals surface area contributed by atoms with Crippen molar-refractivity contribution in [1.29, 1.82) is 0 Å². The van der Waals surface area contributed by atoms with Crippen molar-refractivity contribution >= 4 is 5.91 Å². The molecule has 1 saturated carbocycles. The molecule has 0 aromatic carbocycles. The highest BCUT2D eigenvalue weighted by molar-refractivity contribution is 5.87. The summed E-state index contributed by atoms with van der Waals surface area (Å²) in [6.07, 6.45) is 7.73. The van der Waals surface area contributed by atoms with E-state index < -0.39 is 0 Å². The van der Waals surface area contributed by atoms with Crippen molar-refractivity contribution in [3.63, 3.8) is 0 Å². The molecule has 2 bridgehead atoms. The molecule has 3 heterocycles. The quantitative estimate of drug-likeness (QED) is 0.796. The largest absolute Gasteiger partial charge is 0.375 e. The van der Waals surface area contributed by atoms with E-state index >= 15 is 0 Å². The SMILES string of the molecule is CC(C)O[C@H]1C[C@H]2CC[C@@H](C1)N2C(=O)[C@H]1N[C@@H]1C1CC1. The van der Waals surface area contributed by atoms with Gasteiger partial charge in [-0.15, -0.1) is 0 Å². The fourth-order valence-corrected chi connectivity index (χ4v) is 4.38. The Morgan fingerprint density at radius 2 is 1.80 bits per heavy atom. The molecule has 112 valence electrons. The minimum atomic E-state index is 0.146. The van der Waals surface area contributed by atoms with Crippen molar-refractivity contribution in [1.82, 2.24) is 10.2 Å². The fraction of sp³-hybridized carbons (Fsp3) is 0.938. The van der Waals surface area contributed by atoms with Gasteiger partial charge in [-0.05, 0) is 58.3 Å². The molecule has 1 amide bonds. The van der Waals surface area contributed by atoms with Gasteiger partial charge in [0.1, 0.15) is 6.04 Å². The van der Waals surface area contributed by atoms with Crippen LogP contribution in [0.2, 0.25) is 0 Å². The lowest BCUT2D eigenvalue weighted by Gasteiger charge is -2.39. The zero-order chi connectivity index (χ0) is 13.9. The van der Waals surface area contributed by atoms with Gasteiger partial charge >= 0.3 is 0 Å². The average molecular weight is 278 g/mol. The van der Waals surface area contributed by atoms with Crippen LogP contribution in [0.1, 0.15) is 52.4 Å². The van der Waals surface area contributed by atoms with E-state index in [9.17, 15) is 4.79 Å². The van der Waals surface area contributed by atoms with Crippen LogP contribution >= 0.6 is 0 Å². The van der Waals surface area contributed by atoms with E-state index in [1.807, 2.05) is 0 Å². The van der Waals surface area contributed by atoms with Crippen LogP contribution in [0, 0.1) is 5.92 Å². The predicted octanol–water partition coefficient (Wildman–Crippen LogP) is 1.68. The Balaban J connectivity index is 1.39. The average Bonchev–Trinajstić information content (AvgIpc) is 3.24. The summed E-state index contributed by atoms with van der Waals surface area (Å²) in [5.74, 6) is 1.18. The van der Waals surface area contributed by atoms with Crippen LogP contribution in [0.4, 0.5) is 0 Å². The first-order valence-corrected chi connectivity index (χ1v) is 8.37. The van der Waals surface area contributed by atoms with Crippen molar-refractivity contribution in [3.05, 3.63) is 0 Å². The minimum absolute atomic E-state index is 0.146. The first-order chi connectivity index (χ1) is 9.63. The van der Waals surface area contributed by atoms with Crippen LogP contribution in [0.5, 0.6) is 0 Å². The van der Waals surface area contributed by atoms with Gasteiger partial charge in [0.15, 0.2) is 0 Å². The summed E-state index contributed by atoms with van der Waals surface area (Å²) < 4.78 is 5.99. The number of hydrogen-bond donors (Lipinski definition) is 1. The first kappa shape index (κ1) is 13.1. The highest BCUT2D eigenvalue weighted by Gasteiger charge is 2.55.